The lowest BCUT2D eigenvalue weighted by Gasteiger charge is -2.43. The molecule has 2 bridgehead atoms. The first kappa shape index (κ1) is 20.2. The molecule has 2 amide bonds. The van der Waals surface area contributed by atoms with Crippen LogP contribution in [-0.4, -0.2) is 47.4 Å². The number of rotatable bonds is 4. The van der Waals surface area contributed by atoms with Gasteiger partial charge >= 0.3 is 0 Å². The molecule has 1 aromatic heterocycles. The summed E-state index contributed by atoms with van der Waals surface area (Å²) in [6.07, 6.45) is 4.97. The van der Waals surface area contributed by atoms with Gasteiger partial charge < -0.3 is 24.1 Å². The number of amides is 2. The molecule has 0 aliphatic carbocycles. The number of benzene rings is 1. The second-order valence-electron chi connectivity index (χ2n) is 9.20. The number of piperidine rings is 1. The van der Waals surface area contributed by atoms with E-state index in [0.717, 1.165) is 0 Å². The van der Waals surface area contributed by atoms with Gasteiger partial charge in [-0.15, -0.1) is 0 Å². The lowest BCUT2D eigenvalue weighted by molar-refractivity contribution is -0.147. The lowest BCUT2D eigenvalue weighted by Crippen LogP contribution is -2.55. The van der Waals surface area contributed by atoms with Gasteiger partial charge in [-0.3, -0.25) is 14.4 Å². The first-order valence-corrected chi connectivity index (χ1v) is 11.1. The zero-order valence-corrected chi connectivity index (χ0v) is 18.3. The molecule has 1 aromatic carbocycles. The summed E-state index contributed by atoms with van der Waals surface area (Å²) in [7, 11) is 1.56. The molecule has 1 N–H and O–H groups in total. The highest BCUT2D eigenvalue weighted by molar-refractivity contribution is 6.00. The molecule has 8 nitrogen and oxygen atoms in total. The van der Waals surface area contributed by atoms with Crippen molar-refractivity contribution in [2.24, 2.45) is 17.8 Å². The summed E-state index contributed by atoms with van der Waals surface area (Å²) in [6, 6.07) is 9.62. The molecule has 0 saturated carbocycles. The maximum Gasteiger partial charge on any atom is 0.231 e. The third-order valence-corrected chi connectivity index (χ3v) is 7.59. The van der Waals surface area contributed by atoms with E-state index < -0.39 is 41.5 Å². The summed E-state index contributed by atoms with van der Waals surface area (Å²) in [5.41, 5.74) is -0.418. The van der Waals surface area contributed by atoms with Crippen LogP contribution in [0.5, 0.6) is 5.75 Å². The van der Waals surface area contributed by atoms with Crippen LogP contribution in [0.15, 0.2) is 59.2 Å². The summed E-state index contributed by atoms with van der Waals surface area (Å²) in [6.45, 7) is 1.84. The van der Waals surface area contributed by atoms with Gasteiger partial charge in [0, 0.05) is 24.1 Å². The van der Waals surface area contributed by atoms with Crippen LogP contribution in [0.3, 0.4) is 0 Å². The Morgan fingerprint density at radius 1 is 1.24 bits per heavy atom. The quantitative estimate of drug-likeness (QED) is 0.723. The molecule has 0 radical (unpaired) electrons. The number of hydrogen-bond donors (Lipinski definition) is 1. The van der Waals surface area contributed by atoms with Crippen LogP contribution < -0.4 is 10.1 Å². The maximum absolute atomic E-state index is 13.9. The van der Waals surface area contributed by atoms with E-state index in [1.54, 1.807) is 54.7 Å². The third kappa shape index (κ3) is 2.70. The highest BCUT2D eigenvalue weighted by atomic mass is 16.5. The summed E-state index contributed by atoms with van der Waals surface area (Å²) < 4.78 is 17.2. The lowest BCUT2D eigenvalue weighted by atomic mass is 9.70. The molecule has 5 heterocycles. The Hall–Kier alpha value is -3.39. The average molecular weight is 448 g/mol. The zero-order chi connectivity index (χ0) is 22.9. The molecule has 4 aliphatic rings. The molecule has 6 rings (SSSR count). The SMILES string of the molecule is COc1cccc(NC(=O)[C@H]2[C@H]3C(=O)N4[C@@H]([C@@H](C)C(=O)C[C@H]4c4ccco4)[C@]34C=C[C@H]2O4)c1. The first-order valence-electron chi connectivity index (χ1n) is 11.1. The molecule has 3 fully saturated rings. The van der Waals surface area contributed by atoms with Gasteiger partial charge in [-0.2, -0.15) is 0 Å². The van der Waals surface area contributed by atoms with Crippen molar-refractivity contribution in [2.45, 2.75) is 37.1 Å². The van der Waals surface area contributed by atoms with Gasteiger partial charge in [-0.1, -0.05) is 25.1 Å². The van der Waals surface area contributed by atoms with Gasteiger partial charge in [-0.05, 0) is 24.3 Å². The molecule has 170 valence electrons. The van der Waals surface area contributed by atoms with Crippen LogP contribution in [0.25, 0.3) is 0 Å². The Balaban J connectivity index is 1.37. The summed E-state index contributed by atoms with van der Waals surface area (Å²) in [5, 5.41) is 2.92. The fourth-order valence-corrected chi connectivity index (χ4v) is 6.19. The zero-order valence-electron chi connectivity index (χ0n) is 18.3. The summed E-state index contributed by atoms with van der Waals surface area (Å²) >= 11 is 0. The highest BCUT2D eigenvalue weighted by Gasteiger charge is 2.74. The van der Waals surface area contributed by atoms with Gasteiger partial charge in [0.1, 0.15) is 22.9 Å². The smallest absolute Gasteiger partial charge is 0.231 e. The molecule has 8 heteroatoms. The van der Waals surface area contributed by atoms with Gasteiger partial charge in [-0.25, -0.2) is 0 Å². The van der Waals surface area contributed by atoms with Crippen LogP contribution >= 0.6 is 0 Å². The molecule has 0 unspecified atom stereocenters. The number of Topliss-reactive ketones (excluding diaryl/α,β-unsaturated/α-hetero) is 1. The largest absolute Gasteiger partial charge is 0.497 e. The molecule has 1 spiro atoms. The second-order valence-corrected chi connectivity index (χ2v) is 9.20. The highest BCUT2D eigenvalue weighted by Crippen LogP contribution is 2.60. The van der Waals surface area contributed by atoms with Crippen molar-refractivity contribution in [2.75, 3.05) is 12.4 Å². The normalized spacial score (nSPS) is 36.1. The van der Waals surface area contributed by atoms with E-state index in [0.29, 0.717) is 17.2 Å². The molecular weight excluding hydrogens is 424 g/mol. The molecule has 7 atom stereocenters. The Kier molecular flexibility index (Phi) is 4.32. The van der Waals surface area contributed by atoms with Crippen LogP contribution in [0.4, 0.5) is 5.69 Å². The van der Waals surface area contributed by atoms with Crippen molar-refractivity contribution in [3.63, 3.8) is 0 Å². The molecule has 2 aromatic rings. The fraction of sp³-hybridized carbons (Fsp3) is 0.400. The van der Waals surface area contributed by atoms with Crippen molar-refractivity contribution in [3.05, 3.63) is 60.6 Å². The van der Waals surface area contributed by atoms with Crippen molar-refractivity contribution in [3.8, 4) is 5.75 Å². The van der Waals surface area contributed by atoms with E-state index in [1.807, 2.05) is 19.1 Å². The Bertz CT molecular complexity index is 1170. The Morgan fingerprint density at radius 2 is 2.09 bits per heavy atom. The van der Waals surface area contributed by atoms with E-state index in [4.69, 9.17) is 13.9 Å². The van der Waals surface area contributed by atoms with E-state index >= 15 is 0 Å². The fourth-order valence-electron chi connectivity index (χ4n) is 6.19. The van der Waals surface area contributed by atoms with Crippen LogP contribution in [-0.2, 0) is 19.1 Å². The summed E-state index contributed by atoms with van der Waals surface area (Å²) in [4.78, 5) is 42.0. The molecule has 33 heavy (non-hydrogen) atoms. The van der Waals surface area contributed by atoms with E-state index in [1.165, 1.54) is 0 Å². The van der Waals surface area contributed by atoms with Crippen molar-refractivity contribution < 1.29 is 28.3 Å². The molecular formula is C25H24N2O6. The predicted octanol–water partition coefficient (Wildman–Crippen LogP) is 2.73. The van der Waals surface area contributed by atoms with Crippen LogP contribution in [0, 0.1) is 17.8 Å². The number of hydrogen-bond acceptors (Lipinski definition) is 6. The number of nitrogens with zero attached hydrogens (tertiary/aromatic N) is 1. The van der Waals surface area contributed by atoms with Gasteiger partial charge in [0.15, 0.2) is 0 Å². The van der Waals surface area contributed by atoms with E-state index in [-0.39, 0.29) is 24.0 Å². The number of anilines is 1. The Morgan fingerprint density at radius 3 is 2.85 bits per heavy atom. The van der Waals surface area contributed by atoms with E-state index in [2.05, 4.69) is 5.32 Å². The third-order valence-electron chi connectivity index (χ3n) is 7.59. The number of ether oxygens (including phenoxy) is 2. The van der Waals surface area contributed by atoms with Gasteiger partial charge in [0.2, 0.25) is 11.8 Å². The Labute approximate surface area is 190 Å². The van der Waals surface area contributed by atoms with Crippen molar-refractivity contribution in [1.29, 1.82) is 0 Å². The van der Waals surface area contributed by atoms with Crippen molar-refractivity contribution >= 4 is 23.3 Å². The number of furan rings is 1. The predicted molar refractivity (Wildman–Crippen MR) is 116 cm³/mol. The van der Waals surface area contributed by atoms with Gasteiger partial charge in [0.25, 0.3) is 0 Å². The minimum absolute atomic E-state index is 0.0604. The number of ketones is 1. The average Bonchev–Trinajstić information content (AvgIpc) is 3.58. The van der Waals surface area contributed by atoms with Crippen LogP contribution in [0.1, 0.15) is 25.1 Å². The van der Waals surface area contributed by atoms with E-state index in [9.17, 15) is 14.4 Å². The number of carbonyl (C=O) groups is 3. The molecule has 3 saturated heterocycles. The standard InChI is InChI=1S/C25H24N2O6/c1-13-17(28)12-16(18-7-4-10-32-18)27-22(13)25-9-8-19(33-25)20(21(25)24(27)30)23(29)26-14-5-3-6-15(11-14)31-2/h3-11,13,16,19-22H,12H2,1-2H3,(H,26,29)/t13-,16-,19+,20+,21-,22-,25-/m0/s1. The first-order chi connectivity index (χ1) is 15.9. The minimum Gasteiger partial charge on any atom is -0.497 e. The van der Waals surface area contributed by atoms with Gasteiger partial charge in [0.05, 0.1) is 43.4 Å². The molecule has 4 aliphatic heterocycles. The summed E-state index contributed by atoms with van der Waals surface area (Å²) in [5.74, 6) is -1.01. The minimum atomic E-state index is -1.00. The number of methoxy groups -OCH3 is 1. The van der Waals surface area contributed by atoms with Crippen LogP contribution in [0.2, 0.25) is 0 Å². The number of fused-ring (bicyclic) bond motifs is 2. The maximum atomic E-state index is 13.9. The van der Waals surface area contributed by atoms with Crippen molar-refractivity contribution in [1.82, 2.24) is 4.90 Å². The topological polar surface area (TPSA) is 98.1 Å². The number of carbonyl (C=O) groups excluding carboxylic acids is 3. The number of nitrogens with one attached hydrogen (secondary N) is 1. The monoisotopic (exact) mass is 448 g/mol. The second kappa shape index (κ2) is 7.05.